The minimum Gasteiger partial charge on any atom is -0.478 e. The Kier molecular flexibility index (Phi) is 7.77. The molecule has 0 saturated heterocycles. The summed E-state index contributed by atoms with van der Waals surface area (Å²) >= 11 is 0. The van der Waals surface area contributed by atoms with E-state index in [2.05, 4.69) is 54.0 Å². The number of rotatable bonds is 10. The fourth-order valence-electron chi connectivity index (χ4n) is 4.98. The predicted octanol–water partition coefficient (Wildman–Crippen LogP) is 5.50. The summed E-state index contributed by atoms with van der Waals surface area (Å²) in [7, 11) is 0. The van der Waals surface area contributed by atoms with Gasteiger partial charge in [0, 0.05) is 18.6 Å². The molecule has 0 bridgehead atoms. The quantitative estimate of drug-likeness (QED) is 0.464. The maximum atomic E-state index is 11.0. The molecule has 2 fully saturated rings. The summed E-state index contributed by atoms with van der Waals surface area (Å²) in [5.41, 5.74) is 4.40. The lowest BCUT2D eigenvalue weighted by Gasteiger charge is -2.29. The second-order valence-electron chi connectivity index (χ2n) is 9.44. The highest BCUT2D eigenvalue weighted by Crippen LogP contribution is 2.40. The Bertz CT molecular complexity index is 899. The summed E-state index contributed by atoms with van der Waals surface area (Å²) in [5.74, 6) is 0.630. The molecule has 2 saturated carbocycles. The van der Waals surface area contributed by atoms with Gasteiger partial charge in [-0.25, -0.2) is 4.79 Å². The molecule has 4 heteroatoms. The van der Waals surface area contributed by atoms with Crippen LogP contribution in [0.1, 0.15) is 66.9 Å². The van der Waals surface area contributed by atoms with Crippen LogP contribution in [0.2, 0.25) is 0 Å². The van der Waals surface area contributed by atoms with Gasteiger partial charge in [0.05, 0.1) is 5.56 Å². The molecule has 3 N–H and O–H groups in total. The van der Waals surface area contributed by atoms with E-state index in [9.17, 15) is 4.79 Å². The first-order valence-corrected chi connectivity index (χ1v) is 12.2. The van der Waals surface area contributed by atoms with Crippen LogP contribution >= 0.6 is 0 Å². The van der Waals surface area contributed by atoms with Crippen molar-refractivity contribution in [1.29, 1.82) is 0 Å². The van der Waals surface area contributed by atoms with Crippen LogP contribution in [0.5, 0.6) is 0 Å². The molecule has 2 atom stereocenters. The van der Waals surface area contributed by atoms with Crippen molar-refractivity contribution in [2.75, 3.05) is 6.54 Å². The molecule has 0 heterocycles. The van der Waals surface area contributed by atoms with Crippen LogP contribution < -0.4 is 10.6 Å². The van der Waals surface area contributed by atoms with Crippen molar-refractivity contribution >= 4 is 12.0 Å². The average molecular weight is 433 g/mol. The van der Waals surface area contributed by atoms with Crippen LogP contribution in [0.25, 0.3) is 6.08 Å². The van der Waals surface area contributed by atoms with Gasteiger partial charge in [0.15, 0.2) is 0 Å². The number of aromatic carboxylic acids is 1. The van der Waals surface area contributed by atoms with Gasteiger partial charge in [-0.05, 0) is 80.2 Å². The second-order valence-corrected chi connectivity index (χ2v) is 9.44. The number of carboxylic acids is 1. The Balaban J connectivity index is 1.14. The molecule has 32 heavy (non-hydrogen) atoms. The van der Waals surface area contributed by atoms with Crippen molar-refractivity contribution in [3.8, 4) is 0 Å². The van der Waals surface area contributed by atoms with Crippen LogP contribution in [0.4, 0.5) is 0 Å². The monoisotopic (exact) mass is 432 g/mol. The molecular formula is C28H36N2O2. The van der Waals surface area contributed by atoms with Crippen molar-refractivity contribution in [3.63, 3.8) is 0 Å². The average Bonchev–Trinajstić information content (AvgIpc) is 3.61. The molecule has 2 aromatic carbocycles. The van der Waals surface area contributed by atoms with Gasteiger partial charge in [-0.3, -0.25) is 0 Å². The molecule has 0 aromatic heterocycles. The van der Waals surface area contributed by atoms with E-state index in [0.717, 1.165) is 31.0 Å². The van der Waals surface area contributed by atoms with Gasteiger partial charge in [0.1, 0.15) is 0 Å². The van der Waals surface area contributed by atoms with Gasteiger partial charge in [0.2, 0.25) is 0 Å². The Morgan fingerprint density at radius 2 is 1.72 bits per heavy atom. The van der Waals surface area contributed by atoms with Crippen molar-refractivity contribution in [3.05, 3.63) is 76.9 Å². The first kappa shape index (κ1) is 22.8. The highest BCUT2D eigenvalue weighted by molar-refractivity contribution is 5.87. The number of hydrogen-bond acceptors (Lipinski definition) is 3. The number of benzene rings is 2. The number of carbonyl (C=O) groups is 1. The lowest BCUT2D eigenvalue weighted by Crippen LogP contribution is -2.36. The third-order valence-corrected chi connectivity index (χ3v) is 7.14. The Hall–Kier alpha value is -2.43. The molecule has 0 spiro atoms. The molecule has 0 aliphatic heterocycles. The third-order valence-electron chi connectivity index (χ3n) is 7.14. The van der Waals surface area contributed by atoms with Gasteiger partial charge >= 0.3 is 5.97 Å². The summed E-state index contributed by atoms with van der Waals surface area (Å²) in [6.45, 7) is 4.23. The van der Waals surface area contributed by atoms with E-state index in [1.807, 2.05) is 12.1 Å². The minimum atomic E-state index is -0.868. The smallest absolute Gasteiger partial charge is 0.335 e. The van der Waals surface area contributed by atoms with Crippen molar-refractivity contribution in [2.24, 2.45) is 11.8 Å². The van der Waals surface area contributed by atoms with Gasteiger partial charge in [-0.1, -0.05) is 61.0 Å². The van der Waals surface area contributed by atoms with E-state index in [1.54, 1.807) is 17.7 Å². The molecule has 0 amide bonds. The zero-order valence-corrected chi connectivity index (χ0v) is 19.1. The third kappa shape index (κ3) is 6.30. The predicted molar refractivity (Wildman–Crippen MR) is 131 cm³/mol. The SMILES string of the molecule is CCC(=Cc1ccccc1)C1CC1NCC1CCC(NCc2ccc(C(=O)O)cc2)CC1. The maximum Gasteiger partial charge on any atom is 0.335 e. The fraction of sp³-hybridized carbons (Fsp3) is 0.464. The van der Waals surface area contributed by atoms with Gasteiger partial charge < -0.3 is 15.7 Å². The highest BCUT2D eigenvalue weighted by atomic mass is 16.4. The van der Waals surface area contributed by atoms with E-state index >= 15 is 0 Å². The number of carboxylic acid groups (broad SMARTS) is 1. The van der Waals surface area contributed by atoms with E-state index in [1.165, 1.54) is 37.7 Å². The van der Waals surface area contributed by atoms with Crippen molar-refractivity contribution in [2.45, 2.75) is 64.1 Å². The van der Waals surface area contributed by atoms with E-state index in [4.69, 9.17) is 5.11 Å². The number of hydrogen-bond donors (Lipinski definition) is 3. The van der Waals surface area contributed by atoms with Crippen molar-refractivity contribution in [1.82, 2.24) is 10.6 Å². The standard InChI is InChI=1S/C28H36N2O2/c1-2-23(16-20-6-4-3-5-7-20)26-17-27(26)30-19-22-10-14-25(15-11-22)29-18-21-8-12-24(13-9-21)28(31)32/h3-9,12-13,16,22,25-27,29-30H,2,10-11,14-15,17-19H2,1H3,(H,31,32). The van der Waals surface area contributed by atoms with Crippen LogP contribution in [-0.2, 0) is 6.54 Å². The van der Waals surface area contributed by atoms with E-state index in [0.29, 0.717) is 23.6 Å². The normalized spacial score (nSPS) is 25.5. The van der Waals surface area contributed by atoms with Gasteiger partial charge in [0.25, 0.3) is 0 Å². The summed E-state index contributed by atoms with van der Waals surface area (Å²) in [5, 5.41) is 16.5. The molecule has 2 aliphatic carbocycles. The molecule has 0 radical (unpaired) electrons. The molecule has 4 rings (SSSR count). The topological polar surface area (TPSA) is 61.4 Å². The zero-order valence-electron chi connectivity index (χ0n) is 19.1. The molecular weight excluding hydrogens is 396 g/mol. The van der Waals surface area contributed by atoms with Crippen LogP contribution in [0, 0.1) is 11.8 Å². The fourth-order valence-corrected chi connectivity index (χ4v) is 4.98. The summed E-state index contributed by atoms with van der Waals surface area (Å²) in [4.78, 5) is 11.0. The van der Waals surface area contributed by atoms with E-state index in [-0.39, 0.29) is 0 Å². The lowest BCUT2D eigenvalue weighted by molar-refractivity contribution is 0.0697. The van der Waals surface area contributed by atoms with Crippen LogP contribution in [0.3, 0.4) is 0 Å². The van der Waals surface area contributed by atoms with Gasteiger partial charge in [-0.15, -0.1) is 0 Å². The van der Waals surface area contributed by atoms with Gasteiger partial charge in [-0.2, -0.15) is 0 Å². The Labute approximate surface area is 192 Å². The maximum absolute atomic E-state index is 11.0. The minimum absolute atomic E-state index is 0.348. The molecule has 4 nitrogen and oxygen atoms in total. The summed E-state index contributed by atoms with van der Waals surface area (Å²) < 4.78 is 0. The van der Waals surface area contributed by atoms with Crippen molar-refractivity contribution < 1.29 is 9.90 Å². The first-order valence-electron chi connectivity index (χ1n) is 12.2. The Morgan fingerprint density at radius 1 is 1.00 bits per heavy atom. The number of nitrogens with one attached hydrogen (secondary N) is 2. The van der Waals surface area contributed by atoms with E-state index < -0.39 is 5.97 Å². The lowest BCUT2D eigenvalue weighted by atomic mass is 9.86. The first-order chi connectivity index (χ1) is 15.6. The molecule has 2 aliphatic rings. The molecule has 170 valence electrons. The second kappa shape index (κ2) is 10.9. The summed E-state index contributed by atoms with van der Waals surface area (Å²) in [6.07, 6.45) is 9.81. The zero-order chi connectivity index (χ0) is 22.3. The molecule has 2 aromatic rings. The van der Waals surface area contributed by atoms with Crippen LogP contribution in [-0.4, -0.2) is 29.7 Å². The largest absolute Gasteiger partial charge is 0.478 e. The van der Waals surface area contributed by atoms with Crippen LogP contribution in [0.15, 0.2) is 60.2 Å². The Morgan fingerprint density at radius 3 is 2.38 bits per heavy atom. The highest BCUT2D eigenvalue weighted by Gasteiger charge is 2.39. The summed E-state index contributed by atoms with van der Waals surface area (Å²) in [6, 6.07) is 19.1. The molecule has 2 unspecified atom stereocenters.